The monoisotopic (exact) mass is 682 g/mol. The third-order valence-corrected chi connectivity index (χ3v) is 8.66. The third kappa shape index (κ3) is 11.8. The number of rotatable bonds is 18. The Kier molecular flexibility index (Phi) is 14.7. The number of aliphatic hydroxyl groups is 1. The average Bonchev–Trinajstić information content (AvgIpc) is 3.03. The fourth-order valence-corrected chi connectivity index (χ4v) is 6.60. The second-order valence-electron chi connectivity index (χ2n) is 11.6. The summed E-state index contributed by atoms with van der Waals surface area (Å²) in [6.45, 7) is 6.76. The lowest BCUT2D eigenvalue weighted by Gasteiger charge is -2.30. The predicted octanol–water partition coefficient (Wildman–Crippen LogP) is 4.66. The van der Waals surface area contributed by atoms with E-state index in [0.717, 1.165) is 25.0 Å². The maximum absolute atomic E-state index is 14.1. The average molecular weight is 683 g/mol. The zero-order valence-corrected chi connectivity index (χ0v) is 28.4. The van der Waals surface area contributed by atoms with Gasteiger partial charge in [0.25, 0.3) is 11.8 Å². The Bertz CT molecular complexity index is 1660. The summed E-state index contributed by atoms with van der Waals surface area (Å²) in [5.41, 5.74) is 1.30. The number of sulfonamides is 1. The first-order chi connectivity index (χ1) is 22.9. The number of terminal acetylenes is 1. The van der Waals surface area contributed by atoms with Crippen LogP contribution in [0.25, 0.3) is 0 Å². The van der Waals surface area contributed by atoms with Crippen molar-refractivity contribution in [2.24, 2.45) is 0 Å². The first-order valence-electron chi connectivity index (χ1n) is 16.0. The van der Waals surface area contributed by atoms with Gasteiger partial charge in [-0.05, 0) is 67.1 Å². The SMILES string of the molecule is C#Cc1cc(C(=O)NC(Cc2cc(F)cc(F)c2)C(O)CN(CCC)NS(=O)(=O)Cc2ccccc2)cc(C(=O)N(CCC)CCC)c1. The van der Waals surface area contributed by atoms with E-state index in [2.05, 4.69) is 16.1 Å². The molecule has 0 spiro atoms. The number of hydrogen-bond donors (Lipinski definition) is 3. The van der Waals surface area contributed by atoms with Gasteiger partial charge in [0.05, 0.1) is 17.9 Å². The highest BCUT2D eigenvalue weighted by molar-refractivity contribution is 7.88. The molecule has 0 aromatic heterocycles. The Morgan fingerprint density at radius 3 is 2.06 bits per heavy atom. The van der Waals surface area contributed by atoms with Crippen LogP contribution in [0.4, 0.5) is 8.78 Å². The molecule has 0 radical (unpaired) electrons. The number of hydrogen-bond acceptors (Lipinski definition) is 6. The van der Waals surface area contributed by atoms with Gasteiger partial charge < -0.3 is 15.3 Å². The normalized spacial score (nSPS) is 12.7. The highest BCUT2D eigenvalue weighted by atomic mass is 32.2. The van der Waals surface area contributed by atoms with E-state index in [4.69, 9.17) is 6.42 Å². The van der Waals surface area contributed by atoms with Crippen molar-refractivity contribution in [3.8, 4) is 12.3 Å². The van der Waals surface area contributed by atoms with Crippen molar-refractivity contribution in [3.05, 3.63) is 106 Å². The summed E-state index contributed by atoms with van der Waals surface area (Å²) in [6.07, 6.45) is 6.07. The zero-order valence-electron chi connectivity index (χ0n) is 27.6. The van der Waals surface area contributed by atoms with Crippen LogP contribution in [0, 0.1) is 24.0 Å². The molecule has 258 valence electrons. The van der Waals surface area contributed by atoms with Gasteiger partial charge in [0.2, 0.25) is 10.0 Å². The van der Waals surface area contributed by atoms with Gasteiger partial charge in [-0.2, -0.15) is 0 Å². The number of halogens is 2. The van der Waals surface area contributed by atoms with Crippen LogP contribution in [0.3, 0.4) is 0 Å². The van der Waals surface area contributed by atoms with Crippen LogP contribution < -0.4 is 10.1 Å². The van der Waals surface area contributed by atoms with E-state index in [1.165, 1.54) is 23.2 Å². The number of carbonyl (C=O) groups is 2. The van der Waals surface area contributed by atoms with E-state index in [9.17, 15) is 31.9 Å². The van der Waals surface area contributed by atoms with Crippen LogP contribution in [-0.2, 0) is 22.2 Å². The highest BCUT2D eigenvalue weighted by Crippen LogP contribution is 2.17. The van der Waals surface area contributed by atoms with E-state index in [1.54, 1.807) is 35.2 Å². The van der Waals surface area contributed by atoms with E-state index in [-0.39, 0.29) is 47.9 Å². The number of nitrogens with zero attached hydrogens (tertiary/aromatic N) is 2. The Labute approximate surface area is 282 Å². The molecular weight excluding hydrogens is 638 g/mol. The van der Waals surface area contributed by atoms with Gasteiger partial charge in [-0.3, -0.25) is 9.59 Å². The lowest BCUT2D eigenvalue weighted by molar-refractivity contribution is 0.0618. The highest BCUT2D eigenvalue weighted by Gasteiger charge is 2.28. The van der Waals surface area contributed by atoms with Gasteiger partial charge >= 0.3 is 0 Å². The van der Waals surface area contributed by atoms with E-state index in [1.807, 2.05) is 20.8 Å². The van der Waals surface area contributed by atoms with E-state index < -0.39 is 39.7 Å². The van der Waals surface area contributed by atoms with Crippen LogP contribution in [-0.4, -0.2) is 73.6 Å². The van der Waals surface area contributed by atoms with Crippen LogP contribution in [0.2, 0.25) is 0 Å². The molecule has 2 amide bonds. The first-order valence-corrected chi connectivity index (χ1v) is 17.7. The topological polar surface area (TPSA) is 119 Å². The van der Waals surface area contributed by atoms with E-state index >= 15 is 0 Å². The predicted molar refractivity (Wildman–Crippen MR) is 182 cm³/mol. The van der Waals surface area contributed by atoms with Crippen molar-refractivity contribution in [2.75, 3.05) is 26.2 Å². The molecule has 3 N–H and O–H groups in total. The molecule has 48 heavy (non-hydrogen) atoms. The van der Waals surface area contributed by atoms with Crippen LogP contribution in [0.15, 0.2) is 66.7 Å². The van der Waals surface area contributed by atoms with Crippen molar-refractivity contribution in [1.29, 1.82) is 0 Å². The molecule has 2 atom stereocenters. The minimum atomic E-state index is -3.88. The van der Waals surface area contributed by atoms with E-state index in [0.29, 0.717) is 36.7 Å². The molecule has 0 fully saturated rings. The number of hydrazine groups is 1. The van der Waals surface area contributed by atoms with Crippen LogP contribution in [0.5, 0.6) is 0 Å². The molecule has 0 saturated heterocycles. The molecule has 0 saturated carbocycles. The van der Waals surface area contributed by atoms with Crippen molar-refractivity contribution >= 4 is 21.8 Å². The number of benzene rings is 3. The maximum Gasteiger partial charge on any atom is 0.253 e. The quantitative estimate of drug-likeness (QED) is 0.133. The Hall–Kier alpha value is -4.15. The van der Waals surface area contributed by atoms with Gasteiger partial charge in [0, 0.05) is 48.9 Å². The molecule has 0 aliphatic heterocycles. The van der Waals surface area contributed by atoms with Gasteiger partial charge in [-0.25, -0.2) is 22.2 Å². The fourth-order valence-electron chi connectivity index (χ4n) is 5.34. The molecule has 3 aromatic carbocycles. The largest absolute Gasteiger partial charge is 0.390 e. The maximum atomic E-state index is 14.1. The Balaban J connectivity index is 1.91. The van der Waals surface area contributed by atoms with Crippen molar-refractivity contribution in [3.63, 3.8) is 0 Å². The zero-order chi connectivity index (χ0) is 35.3. The molecule has 0 bridgehead atoms. The molecule has 3 rings (SSSR count). The Morgan fingerprint density at radius 2 is 1.48 bits per heavy atom. The van der Waals surface area contributed by atoms with Crippen LogP contribution >= 0.6 is 0 Å². The lowest BCUT2D eigenvalue weighted by Crippen LogP contribution is -2.53. The van der Waals surface area contributed by atoms with Gasteiger partial charge in [0.1, 0.15) is 11.6 Å². The third-order valence-electron chi connectivity index (χ3n) is 7.41. The van der Waals surface area contributed by atoms with Crippen molar-refractivity contribution in [1.82, 2.24) is 20.1 Å². The minimum absolute atomic E-state index is 0.0540. The second-order valence-corrected chi connectivity index (χ2v) is 13.3. The molecule has 0 heterocycles. The molecule has 12 heteroatoms. The number of aliphatic hydroxyl groups excluding tert-OH is 1. The Morgan fingerprint density at radius 1 is 0.875 bits per heavy atom. The molecule has 9 nitrogen and oxygen atoms in total. The van der Waals surface area contributed by atoms with Crippen molar-refractivity contribution < 1.29 is 31.9 Å². The molecule has 0 aliphatic rings. The molecule has 2 unspecified atom stereocenters. The minimum Gasteiger partial charge on any atom is -0.390 e. The molecule has 3 aromatic rings. The first kappa shape index (κ1) is 38.3. The summed E-state index contributed by atoms with van der Waals surface area (Å²) >= 11 is 0. The summed E-state index contributed by atoms with van der Waals surface area (Å²) in [5.74, 6) is -0.465. The molecule has 0 aliphatic carbocycles. The van der Waals surface area contributed by atoms with Crippen molar-refractivity contribution in [2.45, 2.75) is 64.4 Å². The summed E-state index contributed by atoms with van der Waals surface area (Å²) in [4.78, 5) is 31.3. The second kappa shape index (κ2) is 18.4. The van der Waals surface area contributed by atoms with Gasteiger partial charge in [-0.15, -0.1) is 11.3 Å². The standard InChI is InChI=1S/C36H44F2N4O5S/c1-5-14-41(15-6-2)36(45)30-18-26(8-4)17-29(22-30)35(44)39-33(21-28-19-31(37)23-32(38)20-28)34(43)24-42(16-7-3)40-48(46,47)25-27-12-10-9-11-13-27/h4,9-13,17-20,22-23,33-34,40,43H,5-7,14-16,21,24-25H2,1-3H3,(H,39,44). The lowest BCUT2D eigenvalue weighted by atomic mass is 9.99. The number of nitrogens with one attached hydrogen (secondary N) is 2. The van der Waals surface area contributed by atoms with Gasteiger partial charge in [0.15, 0.2) is 0 Å². The fraction of sp³-hybridized carbons (Fsp3) is 0.389. The number of amides is 2. The summed E-state index contributed by atoms with van der Waals surface area (Å²) in [7, 11) is -3.88. The van der Waals surface area contributed by atoms with Gasteiger partial charge in [-0.1, -0.05) is 57.0 Å². The smallest absolute Gasteiger partial charge is 0.253 e. The molecular formula is C36H44F2N4O5S. The summed E-state index contributed by atoms with van der Waals surface area (Å²) in [6, 6.07) is 14.7. The van der Waals surface area contributed by atoms with Crippen LogP contribution in [0.1, 0.15) is 77.4 Å². The number of carbonyl (C=O) groups excluding carboxylic acids is 2. The summed E-state index contributed by atoms with van der Waals surface area (Å²) in [5, 5.41) is 15.5. The summed E-state index contributed by atoms with van der Waals surface area (Å²) < 4.78 is 54.3.